The van der Waals surface area contributed by atoms with Crippen molar-refractivity contribution in [3.8, 4) is 0 Å². The monoisotopic (exact) mass is 513 g/mol. The Labute approximate surface area is 215 Å². The molecule has 0 unspecified atom stereocenters. The van der Waals surface area contributed by atoms with Gasteiger partial charge >= 0.3 is 0 Å². The van der Waals surface area contributed by atoms with Crippen LogP contribution in [-0.4, -0.2) is 93.3 Å². The molecule has 1 aliphatic carbocycles. The summed E-state index contributed by atoms with van der Waals surface area (Å²) in [6.07, 6.45) is 9.38. The number of ether oxygens (including phenoxy) is 3. The molecule has 0 spiro atoms. The van der Waals surface area contributed by atoms with E-state index in [9.17, 15) is 0 Å². The van der Waals surface area contributed by atoms with E-state index in [-0.39, 0.29) is 6.10 Å². The molecule has 1 saturated carbocycles. The number of nitrogens with zero attached hydrogens (tertiary/aromatic N) is 6. The van der Waals surface area contributed by atoms with Crippen LogP contribution in [0.2, 0.25) is 0 Å². The van der Waals surface area contributed by atoms with Gasteiger partial charge in [0.1, 0.15) is 22.6 Å². The molecule has 10 nitrogen and oxygen atoms in total. The van der Waals surface area contributed by atoms with Gasteiger partial charge in [-0.15, -0.1) is 0 Å². The van der Waals surface area contributed by atoms with Crippen LogP contribution in [0.3, 0.4) is 0 Å². The number of aryl methyl sites for hydroxylation is 1. The highest BCUT2D eigenvalue weighted by atomic mass is 32.1. The SMILES string of the molecule is Cc1nsc2nc(Cc3cnn(C[C@H]4COCCO4)c3)nc(NC3CCC(N4CCOCC4)CC3)c12. The Balaban J connectivity index is 1.13. The van der Waals surface area contributed by atoms with E-state index in [1.807, 2.05) is 17.8 Å². The molecule has 5 heterocycles. The number of hydrogen-bond acceptors (Lipinski definition) is 10. The summed E-state index contributed by atoms with van der Waals surface area (Å²) in [6, 6.07) is 1.10. The van der Waals surface area contributed by atoms with Gasteiger partial charge in [0.05, 0.1) is 56.9 Å². The summed E-state index contributed by atoms with van der Waals surface area (Å²) in [5.41, 5.74) is 2.08. The summed E-state index contributed by atoms with van der Waals surface area (Å²) >= 11 is 1.45. The molecule has 0 radical (unpaired) electrons. The zero-order chi connectivity index (χ0) is 24.3. The van der Waals surface area contributed by atoms with Gasteiger partial charge in [-0.2, -0.15) is 9.47 Å². The Morgan fingerprint density at radius 1 is 1.06 bits per heavy atom. The van der Waals surface area contributed by atoms with Crippen molar-refractivity contribution in [2.45, 2.75) is 63.8 Å². The molecule has 1 N–H and O–H groups in total. The van der Waals surface area contributed by atoms with E-state index in [0.717, 1.165) is 72.3 Å². The highest BCUT2D eigenvalue weighted by molar-refractivity contribution is 7.13. The number of nitrogens with one attached hydrogen (secondary N) is 1. The standard InChI is InChI=1S/C25H35N7O3S/c1-17-23-24(27-19-2-4-20(5-3-19)31-6-8-33-9-7-31)28-22(29-25(23)36-30-17)12-18-13-26-32(14-18)15-21-16-34-10-11-35-21/h13-14,19-21H,2-12,15-16H2,1H3,(H,27,28,29)/t19?,20?,21-/m0/s1. The highest BCUT2D eigenvalue weighted by Crippen LogP contribution is 2.31. The topological polar surface area (TPSA) is 99.5 Å². The normalized spacial score (nSPS) is 25.9. The van der Waals surface area contributed by atoms with Gasteiger partial charge < -0.3 is 19.5 Å². The Hall–Kier alpha value is -2.18. The lowest BCUT2D eigenvalue weighted by atomic mass is 9.90. The van der Waals surface area contributed by atoms with E-state index in [0.29, 0.717) is 44.9 Å². The summed E-state index contributed by atoms with van der Waals surface area (Å²) in [7, 11) is 0. The molecule has 1 atom stereocenters. The van der Waals surface area contributed by atoms with E-state index in [1.165, 1.54) is 24.4 Å². The van der Waals surface area contributed by atoms with Crippen molar-refractivity contribution in [2.24, 2.45) is 0 Å². The lowest BCUT2D eigenvalue weighted by Gasteiger charge is -2.39. The zero-order valence-corrected chi connectivity index (χ0v) is 21.7. The molecule has 11 heteroatoms. The molecule has 3 fully saturated rings. The largest absolute Gasteiger partial charge is 0.379 e. The lowest BCUT2D eigenvalue weighted by molar-refractivity contribution is -0.0946. The third-order valence-corrected chi connectivity index (χ3v) is 8.31. The minimum Gasteiger partial charge on any atom is -0.379 e. The van der Waals surface area contributed by atoms with Crippen LogP contribution in [0.1, 0.15) is 42.8 Å². The Morgan fingerprint density at radius 2 is 1.92 bits per heavy atom. The summed E-state index contributed by atoms with van der Waals surface area (Å²) in [5.74, 6) is 1.73. The van der Waals surface area contributed by atoms with Gasteiger partial charge in [0.25, 0.3) is 0 Å². The van der Waals surface area contributed by atoms with E-state index in [4.69, 9.17) is 24.2 Å². The van der Waals surface area contributed by atoms with Crippen molar-refractivity contribution in [2.75, 3.05) is 51.4 Å². The molecule has 194 valence electrons. The second-order valence-electron chi connectivity index (χ2n) is 10.0. The summed E-state index contributed by atoms with van der Waals surface area (Å²) < 4.78 is 23.3. The van der Waals surface area contributed by atoms with Crippen LogP contribution in [0.5, 0.6) is 0 Å². The van der Waals surface area contributed by atoms with E-state index in [1.54, 1.807) is 0 Å². The maximum absolute atomic E-state index is 5.76. The van der Waals surface area contributed by atoms with Gasteiger partial charge in [0.15, 0.2) is 0 Å². The minimum atomic E-state index is 0.0495. The van der Waals surface area contributed by atoms with Crippen LogP contribution in [0, 0.1) is 6.92 Å². The predicted molar refractivity (Wildman–Crippen MR) is 138 cm³/mol. The maximum atomic E-state index is 5.76. The van der Waals surface area contributed by atoms with Crippen LogP contribution < -0.4 is 5.32 Å². The number of hydrogen-bond donors (Lipinski definition) is 1. The van der Waals surface area contributed by atoms with Gasteiger partial charge in [-0.3, -0.25) is 9.58 Å². The van der Waals surface area contributed by atoms with Gasteiger partial charge in [-0.1, -0.05) is 0 Å². The fourth-order valence-corrected chi connectivity index (χ4v) is 6.37. The molecule has 3 aromatic rings. The lowest BCUT2D eigenvalue weighted by Crippen LogP contribution is -2.46. The summed E-state index contributed by atoms with van der Waals surface area (Å²) in [5, 5.41) is 9.36. The molecule has 2 aliphatic heterocycles. The number of rotatable bonds is 7. The smallest absolute Gasteiger partial charge is 0.149 e. The van der Waals surface area contributed by atoms with Crippen LogP contribution in [0.15, 0.2) is 12.4 Å². The molecule has 3 aromatic heterocycles. The first-order chi connectivity index (χ1) is 17.7. The molecule has 0 bridgehead atoms. The number of anilines is 1. The molecular weight excluding hydrogens is 478 g/mol. The van der Waals surface area contributed by atoms with Crippen LogP contribution >= 0.6 is 11.5 Å². The number of morpholine rings is 1. The van der Waals surface area contributed by atoms with Crippen LogP contribution in [-0.2, 0) is 27.2 Å². The predicted octanol–water partition coefficient (Wildman–Crippen LogP) is 2.65. The van der Waals surface area contributed by atoms with E-state index in [2.05, 4.69) is 25.9 Å². The number of aromatic nitrogens is 5. The van der Waals surface area contributed by atoms with E-state index < -0.39 is 0 Å². The van der Waals surface area contributed by atoms with Crippen molar-refractivity contribution in [3.63, 3.8) is 0 Å². The Kier molecular flexibility index (Phi) is 7.43. The van der Waals surface area contributed by atoms with Crippen molar-refractivity contribution >= 4 is 27.6 Å². The fourth-order valence-electron chi connectivity index (χ4n) is 5.57. The molecular formula is C25H35N7O3S. The van der Waals surface area contributed by atoms with Crippen LogP contribution in [0.25, 0.3) is 10.2 Å². The van der Waals surface area contributed by atoms with Crippen molar-refractivity contribution in [1.82, 2.24) is 29.0 Å². The zero-order valence-electron chi connectivity index (χ0n) is 20.9. The highest BCUT2D eigenvalue weighted by Gasteiger charge is 2.28. The fraction of sp³-hybridized carbons (Fsp3) is 0.680. The average Bonchev–Trinajstić information content (AvgIpc) is 3.51. The molecule has 0 aromatic carbocycles. The minimum absolute atomic E-state index is 0.0495. The second kappa shape index (κ2) is 11.1. The first-order valence-corrected chi connectivity index (χ1v) is 13.9. The molecule has 2 saturated heterocycles. The van der Waals surface area contributed by atoms with Gasteiger partial charge in [-0.25, -0.2) is 9.97 Å². The molecule has 36 heavy (non-hydrogen) atoms. The van der Waals surface area contributed by atoms with Gasteiger partial charge in [0, 0.05) is 37.8 Å². The molecule has 6 rings (SSSR count). The third-order valence-electron chi connectivity index (χ3n) is 7.48. The second-order valence-corrected chi connectivity index (χ2v) is 10.8. The average molecular weight is 514 g/mol. The van der Waals surface area contributed by atoms with Crippen molar-refractivity contribution < 1.29 is 14.2 Å². The Morgan fingerprint density at radius 3 is 2.72 bits per heavy atom. The van der Waals surface area contributed by atoms with Crippen molar-refractivity contribution in [3.05, 3.63) is 29.5 Å². The maximum Gasteiger partial charge on any atom is 0.149 e. The summed E-state index contributed by atoms with van der Waals surface area (Å²) in [6.45, 7) is 8.53. The Bertz CT molecular complexity index is 1150. The van der Waals surface area contributed by atoms with Gasteiger partial charge in [0.2, 0.25) is 0 Å². The van der Waals surface area contributed by atoms with Gasteiger partial charge in [-0.05, 0) is 49.7 Å². The van der Waals surface area contributed by atoms with Crippen LogP contribution in [0.4, 0.5) is 5.82 Å². The molecule has 3 aliphatic rings. The first kappa shape index (κ1) is 24.2. The quantitative estimate of drug-likeness (QED) is 0.511. The van der Waals surface area contributed by atoms with Crippen molar-refractivity contribution in [1.29, 1.82) is 0 Å². The number of fused-ring (bicyclic) bond motifs is 1. The van der Waals surface area contributed by atoms with E-state index >= 15 is 0 Å². The summed E-state index contributed by atoms with van der Waals surface area (Å²) in [4.78, 5) is 13.4. The molecule has 0 amide bonds. The first-order valence-electron chi connectivity index (χ1n) is 13.1. The third kappa shape index (κ3) is 5.55.